The largest absolute Gasteiger partial charge is 0.348 e. The number of likely N-dealkylation sites (N-methyl/N-ethyl adjacent to an activating group) is 1. The minimum atomic E-state index is 0.161. The van der Waals surface area contributed by atoms with E-state index in [1.54, 1.807) is 23.8 Å². The third-order valence-corrected chi connectivity index (χ3v) is 4.23. The van der Waals surface area contributed by atoms with Crippen LogP contribution in [0.15, 0.2) is 36.5 Å². The molecule has 24 heavy (non-hydrogen) atoms. The summed E-state index contributed by atoms with van der Waals surface area (Å²) in [4.78, 5) is 19.7. The van der Waals surface area contributed by atoms with Crippen molar-refractivity contribution in [2.45, 2.75) is 6.54 Å². The van der Waals surface area contributed by atoms with E-state index in [4.69, 9.17) is 0 Å². The van der Waals surface area contributed by atoms with E-state index in [1.807, 2.05) is 36.5 Å². The van der Waals surface area contributed by atoms with Gasteiger partial charge < -0.3 is 4.90 Å². The summed E-state index contributed by atoms with van der Waals surface area (Å²) < 4.78 is 0. The molecule has 0 aliphatic carbocycles. The number of hydrogen-bond acceptors (Lipinski definition) is 5. The topological polar surface area (TPSA) is 57.5 Å². The van der Waals surface area contributed by atoms with E-state index >= 15 is 0 Å². The highest BCUT2D eigenvalue weighted by atomic mass is 16.2. The lowest BCUT2D eigenvalue weighted by Crippen LogP contribution is -2.48. The number of piperazine rings is 1. The fraction of sp³-hybridized carbons (Fsp3) is 0.471. The Labute approximate surface area is 142 Å². The van der Waals surface area contributed by atoms with Crippen LogP contribution in [-0.2, 0) is 11.3 Å². The number of hydrogen-bond donors (Lipinski definition) is 0. The molecule has 7 nitrogen and oxygen atoms in total. The van der Waals surface area contributed by atoms with Crippen LogP contribution in [0.1, 0.15) is 5.69 Å². The van der Waals surface area contributed by atoms with Crippen LogP contribution in [0.2, 0.25) is 0 Å². The van der Waals surface area contributed by atoms with Gasteiger partial charge >= 0.3 is 0 Å². The molecule has 2 aromatic rings. The molecule has 1 aromatic carbocycles. The zero-order valence-electron chi connectivity index (χ0n) is 14.3. The maximum absolute atomic E-state index is 11.8. The molecule has 1 aliphatic rings. The Morgan fingerprint density at radius 2 is 1.75 bits per heavy atom. The molecule has 0 atom stereocenters. The van der Waals surface area contributed by atoms with Crippen molar-refractivity contribution in [1.82, 2.24) is 29.7 Å². The zero-order chi connectivity index (χ0) is 16.9. The van der Waals surface area contributed by atoms with E-state index in [-0.39, 0.29) is 5.91 Å². The highest BCUT2D eigenvalue weighted by molar-refractivity contribution is 5.77. The van der Waals surface area contributed by atoms with Gasteiger partial charge in [-0.25, -0.2) is 0 Å². The molecule has 1 fully saturated rings. The second-order valence-corrected chi connectivity index (χ2v) is 6.30. The van der Waals surface area contributed by atoms with E-state index in [9.17, 15) is 4.79 Å². The number of rotatable bonds is 5. The van der Waals surface area contributed by atoms with Crippen molar-refractivity contribution >= 4 is 5.91 Å². The second-order valence-electron chi connectivity index (χ2n) is 6.30. The highest BCUT2D eigenvalue weighted by Crippen LogP contribution is 2.08. The molecule has 0 saturated carbocycles. The summed E-state index contributed by atoms with van der Waals surface area (Å²) in [5.41, 5.74) is 1.94. The molecule has 1 saturated heterocycles. The lowest BCUT2D eigenvalue weighted by Gasteiger charge is -2.34. The average molecular weight is 328 g/mol. The summed E-state index contributed by atoms with van der Waals surface area (Å²) in [7, 11) is 3.60. The Hall–Kier alpha value is -2.25. The number of para-hydroxylation sites is 1. The SMILES string of the molecule is CN(C)C(=O)CN1CCN(Cc2cnn(-c3ccccc3)n2)CC1. The van der Waals surface area contributed by atoms with Crippen molar-refractivity contribution in [3.63, 3.8) is 0 Å². The van der Waals surface area contributed by atoms with Gasteiger partial charge in [-0.2, -0.15) is 15.0 Å². The third-order valence-electron chi connectivity index (χ3n) is 4.23. The fourth-order valence-corrected chi connectivity index (χ4v) is 2.72. The first-order chi connectivity index (χ1) is 11.6. The Morgan fingerprint density at radius 1 is 1.08 bits per heavy atom. The first kappa shape index (κ1) is 16.6. The van der Waals surface area contributed by atoms with E-state index in [2.05, 4.69) is 20.0 Å². The van der Waals surface area contributed by atoms with Crippen LogP contribution in [0.4, 0.5) is 0 Å². The van der Waals surface area contributed by atoms with Crippen molar-refractivity contribution in [3.05, 3.63) is 42.2 Å². The number of nitrogens with zero attached hydrogens (tertiary/aromatic N) is 6. The molecular formula is C17H24N6O. The monoisotopic (exact) mass is 328 g/mol. The Balaban J connectivity index is 1.50. The summed E-state index contributed by atoms with van der Waals surface area (Å²) in [5, 5.41) is 8.90. The van der Waals surface area contributed by atoms with Crippen LogP contribution >= 0.6 is 0 Å². The number of benzene rings is 1. The van der Waals surface area contributed by atoms with E-state index in [0.717, 1.165) is 44.1 Å². The van der Waals surface area contributed by atoms with Crippen LogP contribution in [0.5, 0.6) is 0 Å². The zero-order valence-corrected chi connectivity index (χ0v) is 14.3. The van der Waals surface area contributed by atoms with Crippen LogP contribution in [0, 0.1) is 0 Å². The minimum absolute atomic E-state index is 0.161. The van der Waals surface area contributed by atoms with Crippen LogP contribution < -0.4 is 0 Å². The lowest BCUT2D eigenvalue weighted by atomic mass is 10.3. The molecule has 0 spiro atoms. The molecule has 0 unspecified atom stereocenters. The highest BCUT2D eigenvalue weighted by Gasteiger charge is 2.20. The summed E-state index contributed by atoms with van der Waals surface area (Å²) in [6, 6.07) is 9.92. The summed E-state index contributed by atoms with van der Waals surface area (Å²) in [6.45, 7) is 5.00. The minimum Gasteiger partial charge on any atom is -0.348 e. The van der Waals surface area contributed by atoms with Gasteiger partial charge in [-0.15, -0.1) is 0 Å². The van der Waals surface area contributed by atoms with E-state index in [0.29, 0.717) is 6.54 Å². The van der Waals surface area contributed by atoms with Crippen molar-refractivity contribution in [3.8, 4) is 5.69 Å². The van der Waals surface area contributed by atoms with Gasteiger partial charge in [0.05, 0.1) is 24.1 Å². The quantitative estimate of drug-likeness (QED) is 0.799. The summed E-state index contributed by atoms with van der Waals surface area (Å²) in [6.07, 6.45) is 1.83. The van der Waals surface area contributed by atoms with Gasteiger partial charge in [0.1, 0.15) is 0 Å². The van der Waals surface area contributed by atoms with Gasteiger partial charge in [-0.1, -0.05) is 18.2 Å². The molecule has 0 radical (unpaired) electrons. The Morgan fingerprint density at radius 3 is 2.42 bits per heavy atom. The predicted octanol–water partition coefficient (Wildman–Crippen LogP) is 0.473. The molecule has 3 rings (SSSR count). The Bertz CT molecular complexity index is 661. The third kappa shape index (κ3) is 4.18. The van der Waals surface area contributed by atoms with Crippen LogP contribution in [0.25, 0.3) is 5.69 Å². The van der Waals surface area contributed by atoms with Crippen molar-refractivity contribution < 1.29 is 4.79 Å². The van der Waals surface area contributed by atoms with Gasteiger partial charge in [0.15, 0.2) is 0 Å². The number of carbonyl (C=O) groups is 1. The van der Waals surface area contributed by atoms with Crippen molar-refractivity contribution in [1.29, 1.82) is 0 Å². The van der Waals surface area contributed by atoms with Crippen molar-refractivity contribution in [2.75, 3.05) is 46.8 Å². The van der Waals surface area contributed by atoms with Gasteiger partial charge in [-0.05, 0) is 12.1 Å². The predicted molar refractivity (Wildman–Crippen MR) is 91.8 cm³/mol. The molecule has 128 valence electrons. The van der Waals surface area contributed by atoms with Gasteiger partial charge in [0, 0.05) is 46.8 Å². The summed E-state index contributed by atoms with van der Waals surface area (Å²) >= 11 is 0. The molecule has 0 bridgehead atoms. The molecule has 0 N–H and O–H groups in total. The normalized spacial score (nSPS) is 16.2. The Kier molecular flexibility index (Phi) is 5.22. The van der Waals surface area contributed by atoms with Crippen LogP contribution in [0.3, 0.4) is 0 Å². The van der Waals surface area contributed by atoms with Crippen molar-refractivity contribution in [2.24, 2.45) is 0 Å². The first-order valence-corrected chi connectivity index (χ1v) is 8.23. The maximum Gasteiger partial charge on any atom is 0.236 e. The molecular weight excluding hydrogens is 304 g/mol. The number of carbonyl (C=O) groups excluding carboxylic acids is 1. The van der Waals surface area contributed by atoms with Gasteiger partial charge in [-0.3, -0.25) is 14.6 Å². The molecule has 1 aliphatic heterocycles. The smallest absolute Gasteiger partial charge is 0.236 e. The van der Waals surface area contributed by atoms with Crippen LogP contribution in [-0.4, -0.2) is 82.4 Å². The van der Waals surface area contributed by atoms with Gasteiger partial charge in [0.2, 0.25) is 5.91 Å². The lowest BCUT2D eigenvalue weighted by molar-refractivity contribution is -0.130. The average Bonchev–Trinajstić information content (AvgIpc) is 3.06. The first-order valence-electron chi connectivity index (χ1n) is 8.23. The summed E-state index contributed by atoms with van der Waals surface area (Å²) in [5.74, 6) is 0.161. The molecule has 2 heterocycles. The molecule has 1 amide bonds. The fourth-order valence-electron chi connectivity index (χ4n) is 2.72. The molecule has 1 aromatic heterocycles. The molecule has 7 heteroatoms. The van der Waals surface area contributed by atoms with E-state index in [1.165, 1.54) is 0 Å². The maximum atomic E-state index is 11.8. The second kappa shape index (κ2) is 7.55. The standard InChI is InChI=1S/C17H24N6O/c1-20(2)17(24)14-22-10-8-21(9-11-22)13-15-12-18-23(19-15)16-6-4-3-5-7-16/h3-7,12H,8-11,13-14H2,1-2H3. The van der Waals surface area contributed by atoms with Gasteiger partial charge in [0.25, 0.3) is 0 Å². The van der Waals surface area contributed by atoms with E-state index < -0.39 is 0 Å². The number of aromatic nitrogens is 3. The number of amides is 1.